The summed E-state index contributed by atoms with van der Waals surface area (Å²) < 4.78 is 5.72. The van der Waals surface area contributed by atoms with Crippen molar-refractivity contribution in [2.24, 2.45) is 5.92 Å². The first kappa shape index (κ1) is 9.16. The highest BCUT2D eigenvalue weighted by atomic mass is 16.6. The summed E-state index contributed by atoms with van der Waals surface area (Å²) in [5.41, 5.74) is 0.995. The van der Waals surface area contributed by atoms with Gasteiger partial charge in [0.05, 0.1) is 5.69 Å². The Labute approximate surface area is 89.1 Å². The van der Waals surface area contributed by atoms with E-state index in [1.807, 2.05) is 12.1 Å². The first-order valence-corrected chi connectivity index (χ1v) is 5.63. The number of rotatable bonds is 0. The number of aromatic nitrogens is 1. The van der Waals surface area contributed by atoms with Crippen molar-refractivity contribution in [1.82, 2.24) is 4.98 Å². The molecule has 0 aromatic carbocycles. The lowest BCUT2D eigenvalue weighted by atomic mass is 9.79. The zero-order chi connectivity index (χ0) is 10.3. The molecule has 2 atom stereocenters. The van der Waals surface area contributed by atoms with Crippen molar-refractivity contribution in [3.8, 4) is 5.75 Å². The second-order valence-electron chi connectivity index (χ2n) is 4.54. The third-order valence-electron chi connectivity index (χ3n) is 3.55. The zero-order valence-corrected chi connectivity index (χ0v) is 8.65. The molecule has 80 valence electrons. The molecule has 1 fully saturated rings. The highest BCUT2D eigenvalue weighted by Crippen LogP contribution is 2.42. The van der Waals surface area contributed by atoms with Crippen LogP contribution in [0.3, 0.4) is 0 Å². The maximum Gasteiger partial charge on any atom is 0.211 e. The van der Waals surface area contributed by atoms with Crippen molar-refractivity contribution in [3.63, 3.8) is 0 Å². The molecule has 0 radical (unpaired) electrons. The zero-order valence-electron chi connectivity index (χ0n) is 8.65. The second-order valence-corrected chi connectivity index (χ2v) is 4.54. The molecule has 0 spiro atoms. The molecule has 1 aromatic heterocycles. The van der Waals surface area contributed by atoms with E-state index in [-0.39, 0.29) is 5.92 Å². The van der Waals surface area contributed by atoms with Gasteiger partial charge in [0.2, 0.25) is 5.79 Å². The Hall–Kier alpha value is -1.09. The van der Waals surface area contributed by atoms with Crippen molar-refractivity contribution in [1.29, 1.82) is 0 Å². The Kier molecular flexibility index (Phi) is 1.96. The van der Waals surface area contributed by atoms with Gasteiger partial charge in [-0.1, -0.05) is 6.42 Å². The number of nitrogens with zero attached hydrogens (tertiary/aromatic N) is 1. The fraction of sp³-hybridized carbons (Fsp3) is 0.583. The summed E-state index contributed by atoms with van der Waals surface area (Å²) in [5.74, 6) is 0.0701. The van der Waals surface area contributed by atoms with Crippen LogP contribution in [-0.4, -0.2) is 15.9 Å². The van der Waals surface area contributed by atoms with E-state index >= 15 is 0 Å². The van der Waals surface area contributed by atoms with Crippen LogP contribution in [-0.2, 0) is 6.42 Å². The van der Waals surface area contributed by atoms with Gasteiger partial charge in [0.15, 0.2) is 0 Å². The molecule has 0 amide bonds. The summed E-state index contributed by atoms with van der Waals surface area (Å²) in [7, 11) is 0. The second kappa shape index (κ2) is 3.20. The molecule has 3 heteroatoms. The lowest BCUT2D eigenvalue weighted by molar-refractivity contribution is -0.204. The van der Waals surface area contributed by atoms with E-state index in [1.54, 1.807) is 6.20 Å². The first-order valence-electron chi connectivity index (χ1n) is 5.63. The monoisotopic (exact) mass is 205 g/mol. The number of ether oxygens (including phenoxy) is 1. The van der Waals surface area contributed by atoms with Gasteiger partial charge in [0.1, 0.15) is 5.75 Å². The van der Waals surface area contributed by atoms with E-state index in [1.165, 1.54) is 6.42 Å². The van der Waals surface area contributed by atoms with Crippen LogP contribution >= 0.6 is 0 Å². The van der Waals surface area contributed by atoms with Crippen LogP contribution in [0.25, 0.3) is 0 Å². The van der Waals surface area contributed by atoms with Gasteiger partial charge in [-0.3, -0.25) is 4.98 Å². The summed E-state index contributed by atoms with van der Waals surface area (Å²) in [6.45, 7) is 0. The van der Waals surface area contributed by atoms with E-state index < -0.39 is 5.79 Å². The lowest BCUT2D eigenvalue weighted by Gasteiger charge is -2.43. The molecular formula is C12H15NO2. The number of hydrogen-bond acceptors (Lipinski definition) is 3. The summed E-state index contributed by atoms with van der Waals surface area (Å²) in [6, 6.07) is 3.75. The highest BCUT2D eigenvalue weighted by molar-refractivity contribution is 5.30. The van der Waals surface area contributed by atoms with Crippen molar-refractivity contribution in [2.45, 2.75) is 37.9 Å². The predicted octanol–water partition coefficient (Wildman–Crippen LogP) is 1.90. The minimum atomic E-state index is -0.922. The molecule has 0 saturated heterocycles. The smallest absolute Gasteiger partial charge is 0.211 e. The van der Waals surface area contributed by atoms with Gasteiger partial charge < -0.3 is 9.84 Å². The summed E-state index contributed by atoms with van der Waals surface area (Å²) in [4.78, 5) is 4.31. The van der Waals surface area contributed by atoms with Crippen LogP contribution < -0.4 is 4.74 Å². The van der Waals surface area contributed by atoms with Gasteiger partial charge in [-0.15, -0.1) is 0 Å². The van der Waals surface area contributed by atoms with Gasteiger partial charge in [0, 0.05) is 25.0 Å². The highest BCUT2D eigenvalue weighted by Gasteiger charge is 2.44. The minimum absolute atomic E-state index is 0.230. The van der Waals surface area contributed by atoms with Gasteiger partial charge in [0.25, 0.3) is 0 Å². The maximum absolute atomic E-state index is 10.4. The SMILES string of the molecule is OC12CCCCC1Cc1ncccc1O2. The molecule has 1 aliphatic carbocycles. The van der Waals surface area contributed by atoms with Crippen molar-refractivity contribution >= 4 is 0 Å². The molecule has 0 bridgehead atoms. The van der Waals surface area contributed by atoms with Gasteiger partial charge in [-0.2, -0.15) is 0 Å². The molecule has 1 N–H and O–H groups in total. The molecule has 1 aliphatic heterocycles. The van der Waals surface area contributed by atoms with Crippen LogP contribution in [0, 0.1) is 5.92 Å². The van der Waals surface area contributed by atoms with Crippen molar-refractivity contribution in [3.05, 3.63) is 24.0 Å². The average molecular weight is 205 g/mol. The minimum Gasteiger partial charge on any atom is -0.460 e. The number of fused-ring (bicyclic) bond motifs is 2. The quantitative estimate of drug-likeness (QED) is 0.703. The van der Waals surface area contributed by atoms with Gasteiger partial charge >= 0.3 is 0 Å². The molecular weight excluding hydrogens is 190 g/mol. The Morgan fingerprint density at radius 3 is 3.33 bits per heavy atom. The van der Waals surface area contributed by atoms with E-state index in [0.29, 0.717) is 0 Å². The molecule has 1 aromatic rings. The van der Waals surface area contributed by atoms with Crippen LogP contribution in [0.5, 0.6) is 5.75 Å². The fourth-order valence-corrected chi connectivity index (χ4v) is 2.69. The largest absolute Gasteiger partial charge is 0.460 e. The van der Waals surface area contributed by atoms with Crippen molar-refractivity contribution in [2.75, 3.05) is 0 Å². The third-order valence-corrected chi connectivity index (χ3v) is 3.55. The predicted molar refractivity (Wildman–Crippen MR) is 55.5 cm³/mol. The van der Waals surface area contributed by atoms with Crippen LogP contribution in [0.4, 0.5) is 0 Å². The van der Waals surface area contributed by atoms with Crippen LogP contribution in [0.15, 0.2) is 18.3 Å². The molecule has 2 heterocycles. The van der Waals surface area contributed by atoms with E-state index in [2.05, 4.69) is 4.98 Å². The standard InChI is InChI=1S/C12H15NO2/c14-12-6-2-1-4-9(12)8-10-11(15-12)5-3-7-13-10/h3,5,7,9,14H,1-2,4,6,8H2. The number of pyridine rings is 1. The molecule has 2 unspecified atom stereocenters. The molecule has 3 rings (SSSR count). The lowest BCUT2D eigenvalue weighted by Crippen LogP contribution is -2.49. The van der Waals surface area contributed by atoms with Crippen LogP contribution in [0.2, 0.25) is 0 Å². The first-order chi connectivity index (χ1) is 7.28. The topological polar surface area (TPSA) is 42.4 Å². The Morgan fingerprint density at radius 2 is 2.40 bits per heavy atom. The number of aliphatic hydroxyl groups is 1. The number of hydrogen-bond donors (Lipinski definition) is 1. The average Bonchev–Trinajstić information content (AvgIpc) is 2.25. The Morgan fingerprint density at radius 1 is 1.47 bits per heavy atom. The van der Waals surface area contributed by atoms with Gasteiger partial charge in [-0.05, 0) is 25.0 Å². The molecule has 2 aliphatic rings. The van der Waals surface area contributed by atoms with E-state index in [4.69, 9.17) is 4.74 Å². The van der Waals surface area contributed by atoms with Gasteiger partial charge in [-0.25, -0.2) is 0 Å². The summed E-state index contributed by atoms with van der Waals surface area (Å²) in [5, 5.41) is 10.4. The Balaban J connectivity index is 1.98. The third kappa shape index (κ3) is 1.42. The fourth-order valence-electron chi connectivity index (χ4n) is 2.69. The van der Waals surface area contributed by atoms with Crippen LogP contribution in [0.1, 0.15) is 31.4 Å². The molecule has 1 saturated carbocycles. The summed E-state index contributed by atoms with van der Waals surface area (Å²) in [6.07, 6.45) is 6.70. The molecule has 3 nitrogen and oxygen atoms in total. The Bertz CT molecular complexity index is 380. The maximum atomic E-state index is 10.4. The summed E-state index contributed by atoms with van der Waals surface area (Å²) >= 11 is 0. The van der Waals surface area contributed by atoms with Crippen molar-refractivity contribution < 1.29 is 9.84 Å². The van der Waals surface area contributed by atoms with E-state index in [9.17, 15) is 5.11 Å². The normalized spacial score (nSPS) is 33.8. The molecule has 15 heavy (non-hydrogen) atoms. The van der Waals surface area contributed by atoms with E-state index in [0.717, 1.165) is 37.1 Å².